The number of carbonyl (C=O) groups is 1. The zero-order valence-corrected chi connectivity index (χ0v) is 16.2. The van der Waals surface area contributed by atoms with Crippen molar-refractivity contribution in [2.75, 3.05) is 18.6 Å². The van der Waals surface area contributed by atoms with Crippen LogP contribution in [0.1, 0.15) is 12.8 Å². The predicted molar refractivity (Wildman–Crippen MR) is 92.5 cm³/mol. The maximum Gasteiger partial charge on any atom is 0.257 e. The molecule has 0 spiro atoms. The van der Waals surface area contributed by atoms with Crippen LogP contribution in [0.3, 0.4) is 0 Å². The normalized spacial score (nSPS) is 20.0. The van der Waals surface area contributed by atoms with Crippen LogP contribution in [0.15, 0.2) is 34.1 Å². The summed E-state index contributed by atoms with van der Waals surface area (Å²) in [6, 6.07) is 4.40. The van der Waals surface area contributed by atoms with Crippen molar-refractivity contribution in [1.82, 2.24) is 15.0 Å². The molecule has 0 bridgehead atoms. The molecular formula is C13H19N3O7S3. The van der Waals surface area contributed by atoms with Gasteiger partial charge in [-0.1, -0.05) is 0 Å². The lowest BCUT2D eigenvalue weighted by molar-refractivity contribution is -0.122. The number of benzene rings is 1. The van der Waals surface area contributed by atoms with Gasteiger partial charge in [0.1, 0.15) is 0 Å². The van der Waals surface area contributed by atoms with Crippen LogP contribution in [-0.4, -0.2) is 49.7 Å². The molecule has 1 atom stereocenters. The van der Waals surface area contributed by atoms with Crippen LogP contribution in [0, 0.1) is 5.92 Å². The Morgan fingerprint density at radius 2 is 1.62 bits per heavy atom. The molecule has 13 heteroatoms. The molecule has 10 nitrogen and oxygen atoms in total. The number of nitrogens with one attached hydrogen (secondary N) is 3. The number of sulfone groups is 1. The van der Waals surface area contributed by atoms with E-state index in [9.17, 15) is 30.0 Å². The van der Waals surface area contributed by atoms with Gasteiger partial charge in [-0.25, -0.2) is 30.0 Å². The molecule has 0 aromatic heterocycles. The van der Waals surface area contributed by atoms with Gasteiger partial charge in [0.25, 0.3) is 10.0 Å². The Kier molecular flexibility index (Phi) is 6.07. The van der Waals surface area contributed by atoms with Crippen molar-refractivity contribution in [1.29, 1.82) is 0 Å². The van der Waals surface area contributed by atoms with Gasteiger partial charge < -0.3 is 0 Å². The second-order valence-electron chi connectivity index (χ2n) is 5.81. The SMILES string of the molecule is CNS(=O)(=O)c1ccc(S(=O)(=O)NNC(=O)C[C@@H]2CCS(=O)(=O)C2)cc1. The first-order valence-corrected chi connectivity index (χ1v) is 12.3. The van der Waals surface area contributed by atoms with Gasteiger partial charge in [0, 0.05) is 6.42 Å². The summed E-state index contributed by atoms with van der Waals surface area (Å²) < 4.78 is 72.3. The maximum atomic E-state index is 12.1. The minimum Gasteiger partial charge on any atom is -0.278 e. The highest BCUT2D eigenvalue weighted by Gasteiger charge is 2.29. The lowest BCUT2D eigenvalue weighted by Crippen LogP contribution is -2.42. The third-order valence-corrected chi connectivity index (χ3v) is 8.37. The van der Waals surface area contributed by atoms with Gasteiger partial charge in [-0.3, -0.25) is 10.2 Å². The second kappa shape index (κ2) is 7.60. The van der Waals surface area contributed by atoms with Gasteiger partial charge in [-0.15, -0.1) is 4.83 Å². The number of hydrogen-bond acceptors (Lipinski definition) is 7. The number of carbonyl (C=O) groups excluding carboxylic acids is 1. The molecule has 0 unspecified atom stereocenters. The highest BCUT2D eigenvalue weighted by Crippen LogP contribution is 2.21. The number of amides is 1. The molecule has 1 aromatic rings. The summed E-state index contributed by atoms with van der Waals surface area (Å²) in [6.45, 7) is 0. The Labute approximate surface area is 152 Å². The minimum atomic E-state index is -4.10. The lowest BCUT2D eigenvalue weighted by Gasteiger charge is -2.11. The third-order valence-electron chi connectivity index (χ3n) is 3.84. The molecule has 146 valence electrons. The monoisotopic (exact) mass is 425 g/mol. The summed E-state index contributed by atoms with van der Waals surface area (Å²) in [4.78, 5) is 13.3. The zero-order valence-electron chi connectivity index (χ0n) is 13.8. The highest BCUT2D eigenvalue weighted by molar-refractivity contribution is 7.91. The molecular weight excluding hydrogens is 406 g/mol. The molecule has 3 N–H and O–H groups in total. The van der Waals surface area contributed by atoms with Crippen LogP contribution in [0.25, 0.3) is 0 Å². The fourth-order valence-electron chi connectivity index (χ4n) is 2.45. The van der Waals surface area contributed by atoms with Gasteiger partial charge >= 0.3 is 0 Å². The Morgan fingerprint density at radius 3 is 2.08 bits per heavy atom. The van der Waals surface area contributed by atoms with E-state index in [1.165, 1.54) is 7.05 Å². The largest absolute Gasteiger partial charge is 0.278 e. The summed E-state index contributed by atoms with van der Waals surface area (Å²) in [5.74, 6) is -1.05. The predicted octanol–water partition coefficient (Wildman–Crippen LogP) is -1.27. The van der Waals surface area contributed by atoms with Crippen LogP contribution >= 0.6 is 0 Å². The Morgan fingerprint density at radius 1 is 1.08 bits per heavy atom. The standard InChI is InChI=1S/C13H19N3O7S3/c1-14-25(20,21)11-2-4-12(5-3-11)26(22,23)16-15-13(17)8-10-6-7-24(18,19)9-10/h2-5,10,14,16H,6-9H2,1H3,(H,15,17)/t10-/m0/s1. The Hall–Kier alpha value is -1.54. The minimum absolute atomic E-state index is 0.0263. The van der Waals surface area contributed by atoms with Gasteiger partial charge in [0.15, 0.2) is 9.84 Å². The lowest BCUT2D eigenvalue weighted by atomic mass is 10.1. The van der Waals surface area contributed by atoms with Crippen LogP contribution in [0.2, 0.25) is 0 Å². The van der Waals surface area contributed by atoms with Crippen molar-refractivity contribution in [2.45, 2.75) is 22.6 Å². The average molecular weight is 426 g/mol. The van der Waals surface area contributed by atoms with Crippen LogP contribution in [0.4, 0.5) is 0 Å². The fourth-order valence-corrected chi connectivity index (χ4v) is 5.90. The Bertz CT molecular complexity index is 984. The molecule has 1 aliphatic rings. The molecule has 1 amide bonds. The van der Waals surface area contributed by atoms with Gasteiger partial charge in [-0.2, -0.15) is 0 Å². The topological polar surface area (TPSA) is 156 Å². The van der Waals surface area contributed by atoms with Crippen molar-refractivity contribution in [3.05, 3.63) is 24.3 Å². The molecule has 0 saturated carbocycles. The van der Waals surface area contributed by atoms with E-state index in [0.29, 0.717) is 6.42 Å². The highest BCUT2D eigenvalue weighted by atomic mass is 32.2. The summed E-state index contributed by atoms with van der Waals surface area (Å²) in [5, 5.41) is 0. The molecule has 1 aromatic carbocycles. The number of hydrazine groups is 1. The Balaban J connectivity index is 1.97. The van der Waals surface area contributed by atoms with Crippen molar-refractivity contribution >= 4 is 35.8 Å². The van der Waals surface area contributed by atoms with Crippen molar-refractivity contribution in [3.63, 3.8) is 0 Å². The number of rotatable bonds is 7. The van der Waals surface area contributed by atoms with Gasteiger partial charge in [-0.05, 0) is 43.7 Å². The smallest absolute Gasteiger partial charge is 0.257 e. The zero-order chi connectivity index (χ0) is 19.6. The average Bonchev–Trinajstić information content (AvgIpc) is 2.91. The maximum absolute atomic E-state index is 12.1. The van der Waals surface area contributed by atoms with Crippen LogP contribution < -0.4 is 15.0 Å². The first-order chi connectivity index (χ1) is 12.0. The molecule has 0 radical (unpaired) electrons. The molecule has 0 aliphatic carbocycles. The van der Waals surface area contributed by atoms with E-state index in [-0.39, 0.29) is 33.6 Å². The van der Waals surface area contributed by atoms with Crippen LogP contribution in [0.5, 0.6) is 0 Å². The van der Waals surface area contributed by atoms with Crippen molar-refractivity contribution < 1.29 is 30.0 Å². The van der Waals surface area contributed by atoms with E-state index >= 15 is 0 Å². The van der Waals surface area contributed by atoms with E-state index in [1.54, 1.807) is 0 Å². The second-order valence-corrected chi connectivity index (χ2v) is 11.6. The van der Waals surface area contributed by atoms with E-state index < -0.39 is 35.8 Å². The summed E-state index contributed by atoms with van der Waals surface area (Å²) in [5.41, 5.74) is 2.03. The third kappa shape index (κ3) is 5.23. The van der Waals surface area contributed by atoms with Crippen LogP contribution in [-0.2, 0) is 34.7 Å². The van der Waals surface area contributed by atoms with E-state index in [1.807, 2.05) is 10.3 Å². The van der Waals surface area contributed by atoms with Crippen molar-refractivity contribution in [2.24, 2.45) is 5.92 Å². The van der Waals surface area contributed by atoms with Gasteiger partial charge in [0.05, 0.1) is 21.3 Å². The molecule has 1 aliphatic heterocycles. The summed E-state index contributed by atoms with van der Waals surface area (Å²) in [6.07, 6.45) is 0.255. The first-order valence-electron chi connectivity index (χ1n) is 7.50. The molecule has 1 saturated heterocycles. The summed E-state index contributed by atoms with van der Waals surface area (Å²) >= 11 is 0. The van der Waals surface area contributed by atoms with Crippen molar-refractivity contribution in [3.8, 4) is 0 Å². The molecule has 2 rings (SSSR count). The number of sulfonamides is 2. The fraction of sp³-hybridized carbons (Fsp3) is 0.462. The van der Waals surface area contributed by atoms with Gasteiger partial charge in [0.2, 0.25) is 15.9 Å². The molecule has 26 heavy (non-hydrogen) atoms. The molecule has 1 fully saturated rings. The van der Waals surface area contributed by atoms with E-state index in [4.69, 9.17) is 0 Å². The van der Waals surface area contributed by atoms with E-state index in [2.05, 4.69) is 4.72 Å². The molecule has 1 heterocycles. The quantitative estimate of drug-likeness (QED) is 0.460. The number of hydrogen-bond donors (Lipinski definition) is 3. The summed E-state index contributed by atoms with van der Waals surface area (Å²) in [7, 11) is -9.68. The first kappa shape index (κ1) is 20.8. The van der Waals surface area contributed by atoms with E-state index in [0.717, 1.165) is 24.3 Å².